The van der Waals surface area contributed by atoms with Crippen LogP contribution < -0.4 is 10.6 Å². The predicted octanol–water partition coefficient (Wildman–Crippen LogP) is 0.933. The van der Waals surface area contributed by atoms with Crippen molar-refractivity contribution in [3.63, 3.8) is 0 Å². The Balaban J connectivity index is 0.00000200. The van der Waals surface area contributed by atoms with Gasteiger partial charge in [-0.05, 0) is 39.2 Å². The molecule has 2 fully saturated rings. The van der Waals surface area contributed by atoms with E-state index in [1.54, 1.807) is 0 Å². The molecule has 2 saturated heterocycles. The molecule has 7 heteroatoms. The van der Waals surface area contributed by atoms with Crippen molar-refractivity contribution in [2.45, 2.75) is 57.2 Å². The number of likely N-dealkylation sites (tertiary alicyclic amines) is 1. The maximum Gasteiger partial charge on any atom is 0.237 e. The predicted molar refractivity (Wildman–Crippen MR) is 89.4 cm³/mol. The van der Waals surface area contributed by atoms with Gasteiger partial charge < -0.3 is 20.6 Å². The number of aliphatic hydroxyl groups is 1. The number of nitrogens with zero attached hydrogens (tertiary/aromatic N) is 1. The Morgan fingerprint density at radius 3 is 2.76 bits per heavy atom. The van der Waals surface area contributed by atoms with Gasteiger partial charge in [0.15, 0.2) is 0 Å². The summed E-state index contributed by atoms with van der Waals surface area (Å²) in [6.45, 7) is 5.83. The first-order valence-electron chi connectivity index (χ1n) is 7.60. The number of nitrogens with one attached hydrogen (secondary N) is 2. The third-order valence-corrected chi connectivity index (χ3v) is 4.29. The van der Waals surface area contributed by atoms with Gasteiger partial charge in [0.25, 0.3) is 0 Å². The molecule has 126 valence electrons. The molecule has 0 saturated carbocycles. The van der Waals surface area contributed by atoms with Gasteiger partial charge in [-0.1, -0.05) is 6.42 Å². The van der Waals surface area contributed by atoms with Crippen LogP contribution in [0.4, 0.5) is 0 Å². The van der Waals surface area contributed by atoms with E-state index in [0.29, 0.717) is 19.0 Å². The van der Waals surface area contributed by atoms with Crippen LogP contribution in [0.3, 0.4) is 0 Å². The number of hydrogen-bond acceptors (Lipinski definition) is 4. The van der Waals surface area contributed by atoms with Crippen molar-refractivity contribution in [1.82, 2.24) is 15.5 Å². The zero-order chi connectivity index (χ0) is 13.7. The molecule has 2 heterocycles. The van der Waals surface area contributed by atoms with Crippen LogP contribution in [0.1, 0.15) is 39.0 Å². The molecule has 3 unspecified atom stereocenters. The van der Waals surface area contributed by atoms with Crippen LogP contribution in [0.15, 0.2) is 0 Å². The molecule has 0 spiro atoms. The van der Waals surface area contributed by atoms with Crippen molar-refractivity contribution in [2.75, 3.05) is 26.2 Å². The zero-order valence-corrected chi connectivity index (χ0v) is 14.3. The lowest BCUT2D eigenvalue weighted by atomic mass is 10.0. The monoisotopic (exact) mass is 341 g/mol. The molecule has 0 aromatic carbocycles. The van der Waals surface area contributed by atoms with Crippen LogP contribution in [0.2, 0.25) is 0 Å². The SMILES string of the molecule is CC1CCCCN1CCCNC(=O)C1CC(O)CN1.Cl.Cl. The fraction of sp³-hybridized carbons (Fsp3) is 0.929. The summed E-state index contributed by atoms with van der Waals surface area (Å²) in [5.74, 6) is 0.0308. The highest BCUT2D eigenvalue weighted by Crippen LogP contribution is 2.16. The van der Waals surface area contributed by atoms with Crippen molar-refractivity contribution in [2.24, 2.45) is 0 Å². The third-order valence-electron chi connectivity index (χ3n) is 4.29. The van der Waals surface area contributed by atoms with E-state index in [0.717, 1.165) is 19.5 Å². The highest BCUT2D eigenvalue weighted by molar-refractivity contribution is 5.85. The summed E-state index contributed by atoms with van der Waals surface area (Å²) in [7, 11) is 0. The molecule has 1 amide bonds. The maximum atomic E-state index is 11.8. The Bertz CT molecular complexity index is 308. The molecule has 2 aliphatic rings. The molecule has 21 heavy (non-hydrogen) atoms. The van der Waals surface area contributed by atoms with Gasteiger partial charge in [0.2, 0.25) is 5.91 Å². The van der Waals surface area contributed by atoms with Gasteiger partial charge in [-0.2, -0.15) is 0 Å². The highest BCUT2D eigenvalue weighted by atomic mass is 35.5. The van der Waals surface area contributed by atoms with Gasteiger partial charge in [-0.3, -0.25) is 4.79 Å². The van der Waals surface area contributed by atoms with Gasteiger partial charge >= 0.3 is 0 Å². The quantitative estimate of drug-likeness (QED) is 0.651. The average Bonchev–Trinajstić information content (AvgIpc) is 2.83. The van der Waals surface area contributed by atoms with Gasteiger partial charge in [0, 0.05) is 25.7 Å². The first-order chi connectivity index (χ1) is 9.16. The number of aliphatic hydroxyl groups excluding tert-OH is 1. The van der Waals surface area contributed by atoms with E-state index in [2.05, 4.69) is 22.5 Å². The van der Waals surface area contributed by atoms with Crippen molar-refractivity contribution in [3.05, 3.63) is 0 Å². The molecular formula is C14H29Cl2N3O2. The van der Waals surface area contributed by atoms with Crippen molar-refractivity contribution in [1.29, 1.82) is 0 Å². The molecule has 3 atom stereocenters. The average molecular weight is 342 g/mol. The van der Waals surface area contributed by atoms with Crippen LogP contribution in [-0.2, 0) is 4.79 Å². The Labute approximate surface area is 140 Å². The first kappa shape index (κ1) is 20.9. The highest BCUT2D eigenvalue weighted by Gasteiger charge is 2.27. The van der Waals surface area contributed by atoms with Crippen LogP contribution in [0.25, 0.3) is 0 Å². The van der Waals surface area contributed by atoms with Crippen molar-refractivity contribution in [3.8, 4) is 0 Å². The summed E-state index contributed by atoms with van der Waals surface area (Å²) in [6, 6.07) is 0.486. The van der Waals surface area contributed by atoms with Crippen LogP contribution >= 0.6 is 24.8 Å². The smallest absolute Gasteiger partial charge is 0.237 e. The number of hydrogen-bond donors (Lipinski definition) is 3. The van der Waals surface area contributed by atoms with E-state index in [9.17, 15) is 9.90 Å². The molecule has 0 aliphatic carbocycles. The Kier molecular flexibility index (Phi) is 10.6. The molecule has 0 aromatic rings. The van der Waals surface area contributed by atoms with Gasteiger partial charge in [0.1, 0.15) is 0 Å². The summed E-state index contributed by atoms with van der Waals surface area (Å²) >= 11 is 0. The lowest BCUT2D eigenvalue weighted by Crippen LogP contribution is -2.42. The van der Waals surface area contributed by atoms with E-state index < -0.39 is 0 Å². The zero-order valence-electron chi connectivity index (χ0n) is 12.7. The molecule has 0 radical (unpaired) electrons. The van der Waals surface area contributed by atoms with Crippen molar-refractivity contribution < 1.29 is 9.90 Å². The fourth-order valence-electron chi connectivity index (χ4n) is 3.02. The minimum Gasteiger partial charge on any atom is -0.392 e. The van der Waals surface area contributed by atoms with Crippen LogP contribution in [0, 0.1) is 0 Å². The van der Waals surface area contributed by atoms with E-state index in [1.807, 2.05) is 0 Å². The minimum atomic E-state index is -0.370. The maximum absolute atomic E-state index is 11.8. The second-order valence-corrected chi connectivity index (χ2v) is 5.88. The number of halogens is 2. The normalized spacial score (nSPS) is 29.3. The molecule has 0 bridgehead atoms. The van der Waals surface area contributed by atoms with Gasteiger partial charge in [-0.25, -0.2) is 0 Å². The number of carbonyl (C=O) groups excluding carboxylic acids is 1. The topological polar surface area (TPSA) is 64.6 Å². The largest absolute Gasteiger partial charge is 0.392 e. The standard InChI is InChI=1S/C14H27N3O2.2ClH/c1-11-5-2-3-7-17(11)8-4-6-15-14(19)13-9-12(18)10-16-13;;/h11-13,16,18H,2-10H2,1H3,(H,15,19);2*1H. The van der Waals surface area contributed by atoms with Crippen LogP contribution in [0.5, 0.6) is 0 Å². The number of piperidine rings is 1. The van der Waals surface area contributed by atoms with Crippen molar-refractivity contribution >= 4 is 30.7 Å². The summed E-state index contributed by atoms with van der Waals surface area (Å²) in [4.78, 5) is 14.3. The molecule has 2 aliphatic heterocycles. The lowest BCUT2D eigenvalue weighted by Gasteiger charge is -2.33. The van der Waals surface area contributed by atoms with E-state index >= 15 is 0 Å². The molecule has 5 nitrogen and oxygen atoms in total. The van der Waals surface area contributed by atoms with E-state index in [4.69, 9.17) is 0 Å². The summed E-state index contributed by atoms with van der Waals surface area (Å²) in [5.41, 5.74) is 0. The van der Waals surface area contributed by atoms with E-state index in [1.165, 1.54) is 25.8 Å². The first-order valence-corrected chi connectivity index (χ1v) is 7.60. The minimum absolute atomic E-state index is 0. The van der Waals surface area contributed by atoms with Gasteiger partial charge in [-0.15, -0.1) is 24.8 Å². The number of carbonyl (C=O) groups is 1. The fourth-order valence-corrected chi connectivity index (χ4v) is 3.02. The van der Waals surface area contributed by atoms with Gasteiger partial charge in [0.05, 0.1) is 12.1 Å². The van der Waals surface area contributed by atoms with Crippen LogP contribution in [-0.4, -0.2) is 60.3 Å². The Hall–Kier alpha value is -0.0700. The number of amides is 1. The molecule has 2 rings (SSSR count). The Morgan fingerprint density at radius 1 is 1.38 bits per heavy atom. The third kappa shape index (κ3) is 6.70. The molecular weight excluding hydrogens is 313 g/mol. The summed E-state index contributed by atoms with van der Waals surface area (Å²) < 4.78 is 0. The number of β-amino-alcohol motifs (C(OH)–C–C–N with tert-alkyl or cyclic N) is 1. The molecule has 3 N–H and O–H groups in total. The summed E-state index contributed by atoms with van der Waals surface area (Å²) in [5, 5.41) is 15.4. The van der Waals surface area contributed by atoms with E-state index in [-0.39, 0.29) is 42.9 Å². The summed E-state index contributed by atoms with van der Waals surface area (Å²) in [6.07, 6.45) is 5.13. The Morgan fingerprint density at radius 2 is 2.14 bits per heavy atom. The second kappa shape index (κ2) is 10.6. The molecule has 0 aromatic heterocycles. The lowest BCUT2D eigenvalue weighted by molar-refractivity contribution is -0.122. The number of rotatable bonds is 5. The second-order valence-electron chi connectivity index (χ2n) is 5.88.